The molecule has 0 bridgehead atoms. The number of anilines is 1. The molecule has 2 rings (SSSR count). The molecule has 2 aromatic rings. The second-order valence-corrected chi connectivity index (χ2v) is 4.67. The molecular weight excluding hydrogens is 318 g/mol. The van der Waals surface area contributed by atoms with Gasteiger partial charge < -0.3 is 10.3 Å². The van der Waals surface area contributed by atoms with Crippen LogP contribution >= 0.6 is 15.9 Å². The Kier molecular flexibility index (Phi) is 3.22. The van der Waals surface area contributed by atoms with Gasteiger partial charge in [-0.05, 0) is 18.2 Å². The fourth-order valence-corrected chi connectivity index (χ4v) is 1.92. The molecule has 1 heterocycles. The Morgan fingerprint density at radius 2 is 2.06 bits per heavy atom. The topological polar surface area (TPSA) is 43.8 Å². The van der Waals surface area contributed by atoms with Crippen LogP contribution < -0.4 is 5.73 Å². The van der Waals surface area contributed by atoms with Crippen molar-refractivity contribution < 1.29 is 17.6 Å². The number of rotatable bonds is 3. The van der Waals surface area contributed by atoms with E-state index in [-0.39, 0.29) is 11.5 Å². The third kappa shape index (κ3) is 2.29. The van der Waals surface area contributed by atoms with E-state index in [9.17, 15) is 17.6 Å². The highest BCUT2D eigenvalue weighted by Gasteiger charge is 2.41. The van der Waals surface area contributed by atoms with Crippen molar-refractivity contribution in [2.75, 3.05) is 5.73 Å². The molecule has 8 heteroatoms. The van der Waals surface area contributed by atoms with Gasteiger partial charge in [0.15, 0.2) is 0 Å². The molecule has 0 aliphatic rings. The molecule has 0 atom stereocenters. The van der Waals surface area contributed by atoms with E-state index in [2.05, 4.69) is 20.9 Å². The van der Waals surface area contributed by atoms with Crippen molar-refractivity contribution in [1.82, 2.24) is 9.55 Å². The highest BCUT2D eigenvalue weighted by atomic mass is 79.9. The van der Waals surface area contributed by atoms with Gasteiger partial charge in [0.25, 0.3) is 0 Å². The van der Waals surface area contributed by atoms with Gasteiger partial charge in [0.1, 0.15) is 0 Å². The molecule has 2 N–H and O–H groups in total. The Morgan fingerprint density at radius 1 is 1.39 bits per heavy atom. The van der Waals surface area contributed by atoms with Crippen LogP contribution in [0.5, 0.6) is 0 Å². The number of nitrogen functional groups attached to an aromatic ring is 1. The maximum Gasteiger partial charge on any atom is 0.324 e. The Morgan fingerprint density at radius 3 is 2.67 bits per heavy atom. The zero-order chi connectivity index (χ0) is 13.5. The van der Waals surface area contributed by atoms with Crippen LogP contribution in [0.3, 0.4) is 0 Å². The number of imidazole rings is 1. The van der Waals surface area contributed by atoms with E-state index in [1.807, 2.05) is 0 Å². The predicted octanol–water partition coefficient (Wildman–Crippen LogP) is 3.28. The molecule has 98 valence electrons. The highest BCUT2D eigenvalue weighted by molar-refractivity contribution is 9.10. The van der Waals surface area contributed by atoms with E-state index in [1.165, 1.54) is 6.07 Å². The fourth-order valence-electron chi connectivity index (χ4n) is 1.57. The largest absolute Gasteiger partial charge is 0.369 e. The van der Waals surface area contributed by atoms with Crippen LogP contribution in [0.2, 0.25) is 0 Å². The number of fused-ring (bicyclic) bond motifs is 1. The summed E-state index contributed by atoms with van der Waals surface area (Å²) < 4.78 is 52.0. The molecule has 18 heavy (non-hydrogen) atoms. The van der Waals surface area contributed by atoms with E-state index < -0.39 is 18.9 Å². The molecule has 0 fully saturated rings. The summed E-state index contributed by atoms with van der Waals surface area (Å²) in [5.74, 6) is -4.36. The summed E-state index contributed by atoms with van der Waals surface area (Å²) in [4.78, 5) is 3.85. The van der Waals surface area contributed by atoms with Gasteiger partial charge in [0.05, 0.1) is 17.6 Å². The molecule has 3 nitrogen and oxygen atoms in total. The number of hydrogen-bond acceptors (Lipinski definition) is 2. The zero-order valence-electron chi connectivity index (χ0n) is 8.88. The van der Waals surface area contributed by atoms with Gasteiger partial charge in [-0.1, -0.05) is 15.9 Å². The molecule has 0 saturated carbocycles. The van der Waals surface area contributed by atoms with Crippen molar-refractivity contribution in [1.29, 1.82) is 0 Å². The standard InChI is InChI=1S/C10H8BrF4N3/c11-5-1-2-7-6(3-5)17-9(16)18(7)4-10(14,15)8(12)13/h1-3,8H,4H2,(H2,16,17). The Hall–Kier alpha value is -1.31. The lowest BCUT2D eigenvalue weighted by Crippen LogP contribution is -2.32. The van der Waals surface area contributed by atoms with Gasteiger partial charge in [0.2, 0.25) is 5.95 Å². The SMILES string of the molecule is Nc1nc2cc(Br)ccc2n1CC(F)(F)C(F)F. The highest BCUT2D eigenvalue weighted by Crippen LogP contribution is 2.29. The van der Waals surface area contributed by atoms with Crippen LogP contribution in [0, 0.1) is 0 Å². The monoisotopic (exact) mass is 325 g/mol. The van der Waals surface area contributed by atoms with Crippen molar-refractivity contribution in [3.05, 3.63) is 22.7 Å². The summed E-state index contributed by atoms with van der Waals surface area (Å²) in [5, 5.41) is 0. The number of aromatic nitrogens is 2. The van der Waals surface area contributed by atoms with Crippen LogP contribution in [0.15, 0.2) is 22.7 Å². The number of nitrogens with zero attached hydrogens (tertiary/aromatic N) is 2. The average Bonchev–Trinajstić information content (AvgIpc) is 2.54. The van der Waals surface area contributed by atoms with Crippen molar-refractivity contribution in [2.24, 2.45) is 0 Å². The van der Waals surface area contributed by atoms with E-state index in [4.69, 9.17) is 5.73 Å². The summed E-state index contributed by atoms with van der Waals surface area (Å²) in [6.07, 6.45) is -3.75. The molecule has 0 radical (unpaired) electrons. The average molecular weight is 326 g/mol. The quantitative estimate of drug-likeness (QED) is 0.880. The van der Waals surface area contributed by atoms with Crippen molar-refractivity contribution >= 4 is 32.9 Å². The Labute approximate surface area is 108 Å². The molecule has 0 aliphatic carbocycles. The Bertz CT molecular complexity index is 582. The van der Waals surface area contributed by atoms with Gasteiger partial charge in [0, 0.05) is 4.47 Å². The van der Waals surface area contributed by atoms with Gasteiger partial charge >= 0.3 is 12.3 Å². The van der Waals surface area contributed by atoms with Crippen LogP contribution in [-0.2, 0) is 6.54 Å². The summed E-state index contributed by atoms with van der Waals surface area (Å²) >= 11 is 3.19. The molecular formula is C10H8BrF4N3. The molecule has 1 aromatic heterocycles. The molecule has 0 aliphatic heterocycles. The Balaban J connectivity index is 2.48. The second kappa shape index (κ2) is 4.42. The van der Waals surface area contributed by atoms with E-state index in [1.54, 1.807) is 12.1 Å². The zero-order valence-corrected chi connectivity index (χ0v) is 10.5. The predicted molar refractivity (Wildman–Crippen MR) is 62.8 cm³/mol. The minimum absolute atomic E-state index is 0.219. The lowest BCUT2D eigenvalue weighted by Gasteiger charge is -2.16. The lowest BCUT2D eigenvalue weighted by atomic mass is 10.3. The van der Waals surface area contributed by atoms with E-state index >= 15 is 0 Å². The first-order valence-corrected chi connectivity index (χ1v) is 5.68. The maximum atomic E-state index is 13.0. The smallest absolute Gasteiger partial charge is 0.324 e. The minimum Gasteiger partial charge on any atom is -0.369 e. The first-order valence-electron chi connectivity index (χ1n) is 4.88. The molecule has 0 amide bonds. The van der Waals surface area contributed by atoms with Crippen molar-refractivity contribution in [3.8, 4) is 0 Å². The second-order valence-electron chi connectivity index (χ2n) is 3.75. The first-order chi connectivity index (χ1) is 8.31. The lowest BCUT2D eigenvalue weighted by molar-refractivity contribution is -0.136. The third-order valence-electron chi connectivity index (χ3n) is 2.43. The van der Waals surface area contributed by atoms with Gasteiger partial charge in [-0.3, -0.25) is 0 Å². The van der Waals surface area contributed by atoms with E-state index in [0.29, 0.717) is 9.99 Å². The maximum absolute atomic E-state index is 13.0. The number of hydrogen-bond donors (Lipinski definition) is 1. The van der Waals surface area contributed by atoms with E-state index in [0.717, 1.165) is 4.57 Å². The number of halogens is 5. The number of nitrogens with two attached hydrogens (primary N) is 1. The number of alkyl halides is 4. The summed E-state index contributed by atoms with van der Waals surface area (Å²) in [7, 11) is 0. The van der Waals surface area contributed by atoms with Gasteiger partial charge in [-0.2, -0.15) is 8.78 Å². The van der Waals surface area contributed by atoms with Crippen LogP contribution in [0.1, 0.15) is 0 Å². The van der Waals surface area contributed by atoms with Gasteiger partial charge in [-0.25, -0.2) is 13.8 Å². The molecule has 0 unspecified atom stereocenters. The van der Waals surface area contributed by atoms with Gasteiger partial charge in [-0.15, -0.1) is 0 Å². The molecule has 0 saturated heterocycles. The normalized spacial score (nSPS) is 12.6. The summed E-state index contributed by atoms with van der Waals surface area (Å²) in [6.45, 7) is -1.20. The minimum atomic E-state index is -4.14. The van der Waals surface area contributed by atoms with Crippen molar-refractivity contribution in [3.63, 3.8) is 0 Å². The first kappa shape index (κ1) is 13.1. The summed E-state index contributed by atoms with van der Waals surface area (Å²) in [6, 6.07) is 4.66. The third-order valence-corrected chi connectivity index (χ3v) is 2.92. The number of benzene rings is 1. The fraction of sp³-hybridized carbons (Fsp3) is 0.300. The van der Waals surface area contributed by atoms with Crippen molar-refractivity contribution in [2.45, 2.75) is 18.9 Å². The van der Waals surface area contributed by atoms with Crippen LogP contribution in [0.25, 0.3) is 11.0 Å². The molecule has 1 aromatic carbocycles. The van der Waals surface area contributed by atoms with Crippen LogP contribution in [-0.4, -0.2) is 21.9 Å². The molecule has 0 spiro atoms. The van der Waals surface area contributed by atoms with Crippen LogP contribution in [0.4, 0.5) is 23.5 Å². The summed E-state index contributed by atoms with van der Waals surface area (Å²) in [5.41, 5.74) is 6.12.